The van der Waals surface area contributed by atoms with Crippen LogP contribution in [0.3, 0.4) is 0 Å². The Morgan fingerprint density at radius 3 is 3.00 bits per heavy atom. The fourth-order valence-corrected chi connectivity index (χ4v) is 4.50. The van der Waals surface area contributed by atoms with E-state index < -0.39 is 0 Å². The van der Waals surface area contributed by atoms with Gasteiger partial charge in [0.2, 0.25) is 11.7 Å². The molecule has 2 aromatic carbocycles. The number of benzene rings is 2. The summed E-state index contributed by atoms with van der Waals surface area (Å²) in [5.74, 6) is 1.71. The third kappa shape index (κ3) is 5.33. The number of H-pyrrole nitrogens is 1. The summed E-state index contributed by atoms with van der Waals surface area (Å²) in [6, 6.07) is 15.3. The molecule has 1 aliphatic heterocycles. The first-order valence-electron chi connectivity index (χ1n) is 11.6. The van der Waals surface area contributed by atoms with Gasteiger partial charge in [-0.25, -0.2) is 0 Å². The quantitative estimate of drug-likeness (QED) is 0.378. The number of likely N-dealkylation sites (tertiary alicyclic amines) is 1. The Morgan fingerprint density at radius 2 is 2.20 bits per heavy atom. The van der Waals surface area contributed by atoms with E-state index in [1.165, 1.54) is 0 Å². The number of nitrogens with one attached hydrogen (secondary N) is 1. The zero-order valence-corrected chi connectivity index (χ0v) is 19.5. The molecule has 0 spiro atoms. The van der Waals surface area contributed by atoms with E-state index in [-0.39, 0.29) is 31.1 Å². The van der Waals surface area contributed by atoms with Crippen LogP contribution < -0.4 is 4.74 Å². The van der Waals surface area contributed by atoms with E-state index in [9.17, 15) is 9.90 Å². The molecule has 2 aromatic heterocycles. The zero-order valence-electron chi connectivity index (χ0n) is 19.5. The number of likely N-dealkylation sites (N-methyl/N-ethyl adjacent to an activating group) is 1. The number of β-amino-alcohol motifs (C(OH)–C–C–N with tert-alkyl or cyclic N) is 1. The summed E-state index contributed by atoms with van der Waals surface area (Å²) in [4.78, 5) is 17.4. The Balaban J connectivity index is 1.36. The first-order chi connectivity index (χ1) is 17.1. The number of ether oxygens (including phenoxy) is 1. The molecule has 1 fully saturated rings. The number of carbonyl (C=O) groups excluding carboxylic acids is 1. The summed E-state index contributed by atoms with van der Waals surface area (Å²) in [5.41, 5.74) is 0.942. The van der Waals surface area contributed by atoms with Crippen molar-refractivity contribution in [2.24, 2.45) is 0 Å². The van der Waals surface area contributed by atoms with E-state index in [0.717, 1.165) is 29.3 Å². The van der Waals surface area contributed by atoms with Gasteiger partial charge in [0.15, 0.2) is 6.61 Å². The fourth-order valence-electron chi connectivity index (χ4n) is 4.50. The van der Waals surface area contributed by atoms with Gasteiger partial charge in [-0.3, -0.25) is 9.69 Å². The molecule has 4 aromatic rings. The normalized spacial score (nSPS) is 17.0. The molecule has 1 amide bonds. The Kier molecular flexibility index (Phi) is 6.73. The number of aliphatic hydroxyl groups excluding tert-OH is 1. The van der Waals surface area contributed by atoms with Gasteiger partial charge in [0.1, 0.15) is 11.5 Å². The van der Waals surface area contributed by atoms with E-state index in [0.29, 0.717) is 30.4 Å². The Morgan fingerprint density at radius 1 is 1.31 bits per heavy atom. The average Bonchev–Trinajstić information content (AvgIpc) is 3.63. The van der Waals surface area contributed by atoms with Gasteiger partial charge in [-0.1, -0.05) is 41.6 Å². The summed E-state index contributed by atoms with van der Waals surface area (Å²) >= 11 is 0. The van der Waals surface area contributed by atoms with Gasteiger partial charge in [0, 0.05) is 37.5 Å². The minimum atomic E-state index is -0.337. The number of hydrogen-bond donors (Lipinski definition) is 2. The first kappa shape index (κ1) is 23.0. The van der Waals surface area contributed by atoms with E-state index in [2.05, 4.69) is 25.5 Å². The molecule has 35 heavy (non-hydrogen) atoms. The highest BCUT2D eigenvalue weighted by molar-refractivity contribution is 5.88. The maximum absolute atomic E-state index is 13.4. The lowest BCUT2D eigenvalue weighted by molar-refractivity contribution is -0.132. The molecule has 2 atom stereocenters. The Hall–Kier alpha value is -3.76. The molecule has 5 rings (SSSR count). The summed E-state index contributed by atoms with van der Waals surface area (Å²) in [6.45, 7) is 2.17. The molecular weight excluding hydrogens is 448 g/mol. The first-order valence-corrected chi connectivity index (χ1v) is 11.6. The van der Waals surface area contributed by atoms with Crippen LogP contribution in [0.1, 0.15) is 29.6 Å². The number of fused-ring (bicyclic) bond motifs is 1. The van der Waals surface area contributed by atoms with Crippen LogP contribution in [0.5, 0.6) is 5.75 Å². The second-order valence-corrected chi connectivity index (χ2v) is 8.83. The Bertz CT molecular complexity index is 1270. The van der Waals surface area contributed by atoms with Crippen molar-refractivity contribution >= 4 is 16.7 Å². The third-order valence-corrected chi connectivity index (χ3v) is 6.44. The molecule has 2 unspecified atom stereocenters. The predicted molar refractivity (Wildman–Crippen MR) is 127 cm³/mol. The molecule has 1 aliphatic rings. The van der Waals surface area contributed by atoms with Gasteiger partial charge in [-0.05, 0) is 24.1 Å². The lowest BCUT2D eigenvalue weighted by Gasteiger charge is -2.32. The molecule has 0 aliphatic carbocycles. The monoisotopic (exact) mass is 476 g/mol. The SMILES string of the molecule is CN(C(=O)Cc1occ2ccccc12)C(CN1CCC(O)C1)c1cccc(OCc2nn[nH]n2)c1. The predicted octanol–water partition coefficient (Wildman–Crippen LogP) is 2.33. The molecule has 1 saturated heterocycles. The van der Waals surface area contributed by atoms with Crippen molar-refractivity contribution < 1.29 is 19.1 Å². The van der Waals surface area contributed by atoms with Gasteiger partial charge in [-0.2, -0.15) is 5.21 Å². The molecule has 182 valence electrons. The van der Waals surface area contributed by atoms with Crippen LogP contribution >= 0.6 is 0 Å². The van der Waals surface area contributed by atoms with Crippen LogP contribution in [-0.4, -0.2) is 74.2 Å². The number of carbonyl (C=O) groups is 1. The van der Waals surface area contributed by atoms with Crippen molar-refractivity contribution in [3.8, 4) is 5.75 Å². The molecule has 0 saturated carbocycles. The van der Waals surface area contributed by atoms with Crippen LogP contribution in [-0.2, 0) is 17.8 Å². The molecule has 10 heteroatoms. The van der Waals surface area contributed by atoms with Crippen molar-refractivity contribution in [2.45, 2.75) is 31.6 Å². The smallest absolute Gasteiger partial charge is 0.230 e. The van der Waals surface area contributed by atoms with Crippen molar-refractivity contribution in [3.05, 3.63) is 71.9 Å². The summed E-state index contributed by atoms with van der Waals surface area (Å²) in [7, 11) is 1.82. The van der Waals surface area contributed by atoms with Crippen LogP contribution in [0, 0.1) is 0 Å². The highest BCUT2D eigenvalue weighted by Gasteiger charge is 2.29. The maximum atomic E-state index is 13.4. The van der Waals surface area contributed by atoms with Crippen molar-refractivity contribution in [3.63, 3.8) is 0 Å². The summed E-state index contributed by atoms with van der Waals surface area (Å²) in [6.07, 6.45) is 2.25. The second-order valence-electron chi connectivity index (χ2n) is 8.83. The largest absolute Gasteiger partial charge is 0.485 e. The molecule has 0 radical (unpaired) electrons. The summed E-state index contributed by atoms with van der Waals surface area (Å²) < 4.78 is 11.6. The van der Waals surface area contributed by atoms with Gasteiger partial charge >= 0.3 is 0 Å². The molecule has 0 bridgehead atoms. The van der Waals surface area contributed by atoms with E-state index in [1.807, 2.05) is 55.6 Å². The van der Waals surface area contributed by atoms with Gasteiger partial charge in [0.05, 0.1) is 24.8 Å². The number of aromatic nitrogens is 4. The third-order valence-electron chi connectivity index (χ3n) is 6.44. The molecule has 3 heterocycles. The lowest BCUT2D eigenvalue weighted by atomic mass is 10.0. The highest BCUT2D eigenvalue weighted by atomic mass is 16.5. The lowest BCUT2D eigenvalue weighted by Crippen LogP contribution is -2.39. The van der Waals surface area contributed by atoms with E-state index in [4.69, 9.17) is 9.15 Å². The topological polar surface area (TPSA) is 121 Å². The zero-order chi connectivity index (χ0) is 24.2. The highest BCUT2D eigenvalue weighted by Crippen LogP contribution is 2.28. The average molecular weight is 477 g/mol. The molecular formula is C25H28N6O4. The number of aliphatic hydroxyl groups is 1. The second kappa shape index (κ2) is 10.2. The number of furan rings is 1. The van der Waals surface area contributed by atoms with Crippen molar-refractivity contribution in [2.75, 3.05) is 26.7 Å². The number of hydrogen-bond acceptors (Lipinski definition) is 8. The van der Waals surface area contributed by atoms with Crippen molar-refractivity contribution in [1.82, 2.24) is 30.4 Å². The number of tetrazole rings is 1. The van der Waals surface area contributed by atoms with Gasteiger partial charge in [-0.15, -0.1) is 10.2 Å². The van der Waals surface area contributed by atoms with Crippen LogP contribution in [0.25, 0.3) is 10.8 Å². The van der Waals surface area contributed by atoms with Crippen LogP contribution in [0.15, 0.2) is 59.2 Å². The molecule has 2 N–H and O–H groups in total. The number of nitrogens with zero attached hydrogens (tertiary/aromatic N) is 5. The van der Waals surface area contributed by atoms with Crippen LogP contribution in [0.2, 0.25) is 0 Å². The number of rotatable bonds is 9. The minimum absolute atomic E-state index is 0.0482. The minimum Gasteiger partial charge on any atom is -0.485 e. The summed E-state index contributed by atoms with van der Waals surface area (Å²) in [5, 5.41) is 25.7. The van der Waals surface area contributed by atoms with Gasteiger partial charge < -0.3 is 19.2 Å². The number of amides is 1. The number of aromatic amines is 1. The maximum Gasteiger partial charge on any atom is 0.230 e. The van der Waals surface area contributed by atoms with E-state index in [1.54, 1.807) is 11.2 Å². The van der Waals surface area contributed by atoms with Crippen molar-refractivity contribution in [1.29, 1.82) is 0 Å². The fraction of sp³-hybridized carbons (Fsp3) is 0.360. The van der Waals surface area contributed by atoms with Gasteiger partial charge in [0.25, 0.3) is 0 Å². The molecule has 10 nitrogen and oxygen atoms in total. The Labute approximate surface area is 202 Å². The standard InChI is InChI=1S/C25H28N6O4/c1-30(25(33)12-23-21-8-3-2-5-18(21)15-35-23)22(14-31-10-9-19(32)13-31)17-6-4-7-20(11-17)34-16-24-26-28-29-27-24/h2-8,11,15,19,22,32H,9-10,12-14,16H2,1H3,(H,26,27,28,29). The van der Waals surface area contributed by atoms with E-state index >= 15 is 0 Å². The van der Waals surface area contributed by atoms with Crippen LogP contribution in [0.4, 0.5) is 0 Å².